The number of anilines is 3. The number of aliphatic imine (C=N–C) groups is 1. The summed E-state index contributed by atoms with van der Waals surface area (Å²) in [5.74, 6) is -0.261. The highest BCUT2D eigenvalue weighted by Crippen LogP contribution is 2.27. The van der Waals surface area contributed by atoms with Gasteiger partial charge in [-0.15, -0.1) is 0 Å². The first-order chi connectivity index (χ1) is 12.3. The number of pyridine rings is 1. The summed E-state index contributed by atoms with van der Waals surface area (Å²) in [6.07, 6.45) is 1.72. The SMILES string of the molecule is CC=Nc1ccc(Nc2nc(NC(C)C(C)N)c(F)cc2C#N)cc1C. The van der Waals surface area contributed by atoms with Crippen molar-refractivity contribution in [2.75, 3.05) is 10.6 Å². The first-order valence-electron chi connectivity index (χ1n) is 8.34. The van der Waals surface area contributed by atoms with Crippen molar-refractivity contribution in [3.8, 4) is 6.07 Å². The number of aryl methyl sites for hydroxylation is 1. The second-order valence-corrected chi connectivity index (χ2v) is 6.13. The number of nitriles is 1. The molecule has 0 amide bonds. The molecule has 0 aliphatic heterocycles. The Labute approximate surface area is 153 Å². The van der Waals surface area contributed by atoms with Gasteiger partial charge in [-0.3, -0.25) is 4.99 Å². The van der Waals surface area contributed by atoms with Crippen molar-refractivity contribution in [3.63, 3.8) is 0 Å². The lowest BCUT2D eigenvalue weighted by molar-refractivity contribution is 0.601. The van der Waals surface area contributed by atoms with Gasteiger partial charge in [0.15, 0.2) is 17.5 Å². The highest BCUT2D eigenvalue weighted by atomic mass is 19.1. The number of nitrogens with zero attached hydrogens (tertiary/aromatic N) is 3. The van der Waals surface area contributed by atoms with Crippen LogP contribution in [0.2, 0.25) is 0 Å². The zero-order valence-electron chi connectivity index (χ0n) is 15.3. The number of benzene rings is 1. The number of halogens is 1. The number of aromatic nitrogens is 1. The standard InChI is InChI=1S/C19H23FN6/c1-5-23-17-7-6-15(8-11(17)2)25-18-14(10-21)9-16(20)19(26-18)24-13(4)12(3)22/h5-9,12-13H,22H2,1-4H3,(H2,24,25,26). The quantitative estimate of drug-likeness (QED) is 0.681. The van der Waals surface area contributed by atoms with Crippen LogP contribution in [0.3, 0.4) is 0 Å². The number of hydrogen-bond acceptors (Lipinski definition) is 6. The van der Waals surface area contributed by atoms with E-state index < -0.39 is 5.82 Å². The Bertz CT molecular complexity index is 854. The summed E-state index contributed by atoms with van der Waals surface area (Å²) in [6.45, 7) is 7.45. The van der Waals surface area contributed by atoms with Crippen molar-refractivity contribution >= 4 is 29.2 Å². The molecule has 0 aliphatic carbocycles. The third-order valence-corrected chi connectivity index (χ3v) is 3.98. The summed E-state index contributed by atoms with van der Waals surface area (Å²) in [6, 6.07) is 8.36. The predicted octanol–water partition coefficient (Wildman–Crippen LogP) is 4.01. The van der Waals surface area contributed by atoms with E-state index in [9.17, 15) is 9.65 Å². The molecule has 0 fully saturated rings. The van der Waals surface area contributed by atoms with E-state index in [-0.39, 0.29) is 29.3 Å². The highest BCUT2D eigenvalue weighted by Gasteiger charge is 2.16. The maximum atomic E-state index is 14.2. The Morgan fingerprint density at radius 1 is 1.31 bits per heavy atom. The average molecular weight is 354 g/mol. The third kappa shape index (κ3) is 4.55. The van der Waals surface area contributed by atoms with Crippen molar-refractivity contribution in [2.24, 2.45) is 10.7 Å². The molecule has 0 radical (unpaired) electrons. The third-order valence-electron chi connectivity index (χ3n) is 3.98. The summed E-state index contributed by atoms with van der Waals surface area (Å²) in [5.41, 5.74) is 8.50. The van der Waals surface area contributed by atoms with Crippen LogP contribution >= 0.6 is 0 Å². The molecule has 26 heavy (non-hydrogen) atoms. The van der Waals surface area contributed by atoms with Crippen LogP contribution in [0.25, 0.3) is 0 Å². The molecule has 0 spiro atoms. The van der Waals surface area contributed by atoms with Crippen LogP contribution in [0.1, 0.15) is 31.9 Å². The van der Waals surface area contributed by atoms with E-state index >= 15 is 0 Å². The summed E-state index contributed by atoms with van der Waals surface area (Å²) in [5, 5.41) is 15.3. The summed E-state index contributed by atoms with van der Waals surface area (Å²) < 4.78 is 14.2. The Balaban J connectivity index is 2.36. The lowest BCUT2D eigenvalue weighted by atomic mass is 10.1. The molecule has 1 heterocycles. The maximum Gasteiger partial charge on any atom is 0.166 e. The fraction of sp³-hybridized carbons (Fsp3) is 0.316. The Morgan fingerprint density at radius 2 is 2.04 bits per heavy atom. The normalized spacial score (nSPS) is 13.3. The number of nitrogens with one attached hydrogen (secondary N) is 2. The van der Waals surface area contributed by atoms with Crippen LogP contribution in [0.5, 0.6) is 0 Å². The van der Waals surface area contributed by atoms with Gasteiger partial charge in [0.25, 0.3) is 0 Å². The molecule has 1 aromatic carbocycles. The fourth-order valence-electron chi connectivity index (χ4n) is 2.27. The largest absolute Gasteiger partial charge is 0.364 e. The minimum absolute atomic E-state index is 0.0558. The minimum Gasteiger partial charge on any atom is -0.364 e. The average Bonchev–Trinajstić information content (AvgIpc) is 2.59. The smallest absolute Gasteiger partial charge is 0.166 e. The Morgan fingerprint density at radius 3 is 2.62 bits per heavy atom. The molecule has 2 unspecified atom stereocenters. The van der Waals surface area contributed by atoms with Crippen LogP contribution in [0.15, 0.2) is 29.3 Å². The minimum atomic E-state index is -0.594. The van der Waals surface area contributed by atoms with E-state index in [1.807, 2.05) is 52.0 Å². The first kappa shape index (κ1) is 19.3. The van der Waals surface area contributed by atoms with Gasteiger partial charge in [-0.25, -0.2) is 9.37 Å². The van der Waals surface area contributed by atoms with E-state index in [0.717, 1.165) is 23.0 Å². The fourth-order valence-corrected chi connectivity index (χ4v) is 2.27. The summed E-state index contributed by atoms with van der Waals surface area (Å²) >= 11 is 0. The van der Waals surface area contributed by atoms with Crippen LogP contribution in [-0.4, -0.2) is 23.3 Å². The highest BCUT2D eigenvalue weighted by molar-refractivity contribution is 5.69. The molecular formula is C19H23FN6. The zero-order chi connectivity index (χ0) is 19.3. The number of nitrogens with two attached hydrogens (primary N) is 1. The van der Waals surface area contributed by atoms with Gasteiger partial charge >= 0.3 is 0 Å². The first-order valence-corrected chi connectivity index (χ1v) is 8.34. The molecule has 1 aromatic heterocycles. The van der Waals surface area contributed by atoms with Crippen molar-refractivity contribution in [1.82, 2.24) is 4.98 Å². The molecule has 136 valence electrons. The Kier molecular flexibility index (Phi) is 6.26. The van der Waals surface area contributed by atoms with E-state index in [4.69, 9.17) is 5.73 Å². The Hall–Kier alpha value is -2.98. The topological polar surface area (TPSA) is 99.1 Å². The molecule has 6 nitrogen and oxygen atoms in total. The van der Waals surface area contributed by atoms with Crippen molar-refractivity contribution in [3.05, 3.63) is 41.2 Å². The monoisotopic (exact) mass is 354 g/mol. The molecule has 2 atom stereocenters. The lowest BCUT2D eigenvalue weighted by Crippen LogP contribution is -2.35. The zero-order valence-corrected chi connectivity index (χ0v) is 15.3. The molecule has 2 aromatic rings. The molecular weight excluding hydrogens is 331 g/mol. The molecule has 0 aliphatic rings. The van der Waals surface area contributed by atoms with Gasteiger partial charge in [-0.2, -0.15) is 5.26 Å². The lowest BCUT2D eigenvalue weighted by Gasteiger charge is -2.19. The summed E-state index contributed by atoms with van der Waals surface area (Å²) in [7, 11) is 0. The van der Waals surface area contributed by atoms with Crippen LogP contribution in [0, 0.1) is 24.1 Å². The molecule has 0 saturated carbocycles. The maximum absolute atomic E-state index is 14.2. The number of rotatable bonds is 6. The van der Waals surface area contributed by atoms with E-state index in [0.29, 0.717) is 0 Å². The van der Waals surface area contributed by atoms with Gasteiger partial charge < -0.3 is 16.4 Å². The molecule has 4 N–H and O–H groups in total. The van der Waals surface area contributed by atoms with E-state index in [1.165, 1.54) is 0 Å². The van der Waals surface area contributed by atoms with Gasteiger partial charge in [0.05, 0.1) is 11.3 Å². The van der Waals surface area contributed by atoms with Crippen LogP contribution in [0.4, 0.5) is 27.4 Å². The molecule has 7 heteroatoms. The second kappa shape index (κ2) is 8.41. The molecule has 2 rings (SSSR count). The van der Waals surface area contributed by atoms with Crippen molar-refractivity contribution in [1.29, 1.82) is 5.26 Å². The van der Waals surface area contributed by atoms with Crippen molar-refractivity contribution in [2.45, 2.75) is 39.8 Å². The van der Waals surface area contributed by atoms with Gasteiger partial charge in [0, 0.05) is 24.0 Å². The van der Waals surface area contributed by atoms with Crippen LogP contribution < -0.4 is 16.4 Å². The molecule has 0 saturated heterocycles. The van der Waals surface area contributed by atoms with Gasteiger partial charge in [-0.1, -0.05) is 0 Å². The van der Waals surface area contributed by atoms with Gasteiger partial charge in [0.2, 0.25) is 0 Å². The van der Waals surface area contributed by atoms with Gasteiger partial charge in [0.1, 0.15) is 6.07 Å². The van der Waals surface area contributed by atoms with Crippen molar-refractivity contribution < 1.29 is 4.39 Å². The van der Waals surface area contributed by atoms with Crippen LogP contribution in [-0.2, 0) is 0 Å². The molecule has 0 bridgehead atoms. The van der Waals surface area contributed by atoms with E-state index in [1.54, 1.807) is 6.21 Å². The van der Waals surface area contributed by atoms with Gasteiger partial charge in [-0.05, 0) is 57.5 Å². The predicted molar refractivity (Wildman–Crippen MR) is 104 cm³/mol. The number of hydrogen-bond donors (Lipinski definition) is 3. The second-order valence-electron chi connectivity index (χ2n) is 6.13. The van der Waals surface area contributed by atoms with E-state index in [2.05, 4.69) is 20.6 Å². The summed E-state index contributed by atoms with van der Waals surface area (Å²) in [4.78, 5) is 8.52.